The molecule has 0 atom stereocenters. The topological polar surface area (TPSA) is 35.5 Å². The lowest BCUT2D eigenvalue weighted by atomic mass is 9.87. The van der Waals surface area contributed by atoms with Crippen LogP contribution in [0.15, 0.2) is 53.0 Å². The van der Waals surface area contributed by atoms with E-state index < -0.39 is 5.97 Å². The molecule has 2 aromatic carbocycles. The Balaban J connectivity index is 1.89. The average Bonchev–Trinajstić information content (AvgIpc) is 2.45. The van der Waals surface area contributed by atoms with Gasteiger partial charge in [-0.3, -0.25) is 0 Å². The molecule has 0 aliphatic rings. The van der Waals surface area contributed by atoms with Gasteiger partial charge in [0.05, 0.1) is 0 Å². The summed E-state index contributed by atoms with van der Waals surface area (Å²) in [4.78, 5) is 11.8. The van der Waals surface area contributed by atoms with Crippen LogP contribution in [0.1, 0.15) is 26.3 Å². The zero-order chi connectivity index (χ0) is 16.2. The summed E-state index contributed by atoms with van der Waals surface area (Å²) in [6.07, 6.45) is 0. The molecule has 0 fully saturated rings. The fraction of sp³-hybridized carbons (Fsp3) is 0.278. The summed E-state index contributed by atoms with van der Waals surface area (Å²) in [5.74, 6) is 0.716. The van der Waals surface area contributed by atoms with Crippen LogP contribution in [0.4, 0.5) is 0 Å². The Labute approximate surface area is 139 Å². The van der Waals surface area contributed by atoms with Crippen molar-refractivity contribution in [3.05, 3.63) is 58.6 Å². The van der Waals surface area contributed by atoms with E-state index in [1.807, 2.05) is 24.3 Å². The first-order valence-electron chi connectivity index (χ1n) is 7.04. The maximum Gasteiger partial charge on any atom is 0.349 e. The number of carbonyl (C=O) groups is 1. The van der Waals surface area contributed by atoms with Gasteiger partial charge in [-0.1, -0.05) is 54.9 Å². The summed E-state index contributed by atoms with van der Waals surface area (Å²) < 4.78 is 11.6. The van der Waals surface area contributed by atoms with Crippen LogP contribution in [0.2, 0.25) is 0 Å². The molecule has 0 saturated carbocycles. The molecule has 0 aromatic heterocycles. The van der Waals surface area contributed by atoms with Gasteiger partial charge in [-0.25, -0.2) is 4.79 Å². The monoisotopic (exact) mass is 362 g/mol. The molecule has 0 N–H and O–H groups in total. The van der Waals surface area contributed by atoms with Crippen LogP contribution in [0.5, 0.6) is 11.5 Å². The number of carbonyl (C=O) groups excluding carboxylic acids is 1. The molecule has 0 aliphatic carbocycles. The van der Waals surface area contributed by atoms with Gasteiger partial charge in [-0.2, -0.15) is 0 Å². The van der Waals surface area contributed by atoms with Crippen molar-refractivity contribution in [2.24, 2.45) is 0 Å². The van der Waals surface area contributed by atoms with Gasteiger partial charge >= 0.3 is 5.97 Å². The second-order valence-corrected chi connectivity index (χ2v) is 6.91. The number of benzene rings is 2. The molecule has 0 bridgehead atoms. The lowest BCUT2D eigenvalue weighted by molar-refractivity contribution is -0.136. The molecule has 2 aromatic rings. The summed E-state index contributed by atoms with van der Waals surface area (Å²) in [6.45, 7) is 6.29. The Morgan fingerprint density at radius 1 is 1.05 bits per heavy atom. The van der Waals surface area contributed by atoms with Crippen molar-refractivity contribution in [1.29, 1.82) is 0 Å². The second-order valence-electron chi connectivity index (χ2n) is 5.99. The van der Waals surface area contributed by atoms with E-state index in [-0.39, 0.29) is 12.0 Å². The molecule has 0 radical (unpaired) electrons. The molecule has 4 heteroatoms. The molecule has 3 nitrogen and oxygen atoms in total. The lowest BCUT2D eigenvalue weighted by Gasteiger charge is -2.19. The Hall–Kier alpha value is -1.81. The van der Waals surface area contributed by atoms with E-state index in [1.165, 1.54) is 5.56 Å². The molecule has 0 aliphatic heterocycles. The van der Waals surface area contributed by atoms with Gasteiger partial charge in [0.25, 0.3) is 0 Å². The van der Waals surface area contributed by atoms with E-state index in [4.69, 9.17) is 9.47 Å². The van der Waals surface area contributed by atoms with Gasteiger partial charge in [0.15, 0.2) is 6.61 Å². The Kier molecular flexibility index (Phi) is 5.24. The van der Waals surface area contributed by atoms with Gasteiger partial charge in [-0.05, 0) is 41.3 Å². The Bertz CT molecular complexity index is 642. The number of ether oxygens (including phenoxy) is 2. The van der Waals surface area contributed by atoms with Crippen molar-refractivity contribution >= 4 is 21.9 Å². The van der Waals surface area contributed by atoms with Crippen LogP contribution in [0.3, 0.4) is 0 Å². The van der Waals surface area contributed by atoms with Crippen LogP contribution < -0.4 is 9.47 Å². The van der Waals surface area contributed by atoms with Gasteiger partial charge in [0.1, 0.15) is 11.5 Å². The first-order chi connectivity index (χ1) is 10.3. The molecule has 22 heavy (non-hydrogen) atoms. The molecule has 0 spiro atoms. The van der Waals surface area contributed by atoms with E-state index in [0.29, 0.717) is 11.5 Å². The molecule has 0 amide bonds. The molecule has 0 heterocycles. The van der Waals surface area contributed by atoms with E-state index >= 15 is 0 Å². The Morgan fingerprint density at radius 3 is 2.32 bits per heavy atom. The molecule has 0 unspecified atom stereocenters. The third-order valence-electron chi connectivity index (χ3n) is 3.10. The highest BCUT2D eigenvalue weighted by atomic mass is 79.9. The standard InChI is InChI=1S/C18H19BrO3/c1-18(2,3)13-7-9-15(10-8-13)22-17(20)12-21-16-6-4-5-14(19)11-16/h4-11H,12H2,1-3H3. The van der Waals surface area contributed by atoms with Crippen LogP contribution in [-0.4, -0.2) is 12.6 Å². The van der Waals surface area contributed by atoms with Crippen molar-refractivity contribution in [2.45, 2.75) is 26.2 Å². The van der Waals surface area contributed by atoms with E-state index in [2.05, 4.69) is 36.7 Å². The lowest BCUT2D eigenvalue weighted by Crippen LogP contribution is -2.18. The first-order valence-corrected chi connectivity index (χ1v) is 7.83. The summed E-state index contributed by atoms with van der Waals surface area (Å²) in [6, 6.07) is 14.9. The van der Waals surface area contributed by atoms with Crippen LogP contribution in [0.25, 0.3) is 0 Å². The third kappa shape index (κ3) is 4.88. The number of halogens is 1. The fourth-order valence-electron chi connectivity index (χ4n) is 1.88. The van der Waals surface area contributed by atoms with Crippen molar-refractivity contribution in [3.8, 4) is 11.5 Å². The van der Waals surface area contributed by atoms with Gasteiger partial charge in [0.2, 0.25) is 0 Å². The minimum absolute atomic E-state index is 0.0757. The molecular weight excluding hydrogens is 344 g/mol. The Morgan fingerprint density at radius 2 is 1.73 bits per heavy atom. The maximum atomic E-state index is 11.8. The molecule has 0 saturated heterocycles. The first kappa shape index (κ1) is 16.6. The van der Waals surface area contributed by atoms with E-state index in [9.17, 15) is 4.79 Å². The third-order valence-corrected chi connectivity index (χ3v) is 3.60. The SMILES string of the molecule is CC(C)(C)c1ccc(OC(=O)COc2cccc(Br)c2)cc1. The van der Waals surface area contributed by atoms with Gasteiger partial charge < -0.3 is 9.47 Å². The summed E-state index contributed by atoms with van der Waals surface area (Å²) in [5, 5.41) is 0. The summed E-state index contributed by atoms with van der Waals surface area (Å²) in [7, 11) is 0. The minimum atomic E-state index is -0.427. The van der Waals surface area contributed by atoms with Gasteiger partial charge in [0, 0.05) is 4.47 Å². The molecule has 116 valence electrons. The molecular formula is C18H19BrO3. The highest BCUT2D eigenvalue weighted by Gasteiger charge is 2.13. The summed E-state index contributed by atoms with van der Waals surface area (Å²) >= 11 is 3.35. The number of esters is 1. The second kappa shape index (κ2) is 6.97. The zero-order valence-corrected chi connectivity index (χ0v) is 14.5. The van der Waals surface area contributed by atoms with Crippen LogP contribution in [-0.2, 0) is 10.2 Å². The van der Waals surface area contributed by atoms with Crippen molar-refractivity contribution in [1.82, 2.24) is 0 Å². The van der Waals surface area contributed by atoms with E-state index in [0.717, 1.165) is 4.47 Å². The number of hydrogen-bond donors (Lipinski definition) is 0. The van der Waals surface area contributed by atoms with Crippen molar-refractivity contribution in [2.75, 3.05) is 6.61 Å². The quantitative estimate of drug-likeness (QED) is 0.582. The predicted molar refractivity (Wildman–Crippen MR) is 90.4 cm³/mol. The van der Waals surface area contributed by atoms with E-state index in [1.54, 1.807) is 24.3 Å². The predicted octanol–water partition coefficient (Wildman–Crippen LogP) is 4.73. The fourth-order valence-corrected chi connectivity index (χ4v) is 2.26. The van der Waals surface area contributed by atoms with Crippen LogP contribution >= 0.6 is 15.9 Å². The van der Waals surface area contributed by atoms with Crippen molar-refractivity contribution in [3.63, 3.8) is 0 Å². The maximum absolute atomic E-state index is 11.8. The number of rotatable bonds is 4. The minimum Gasteiger partial charge on any atom is -0.482 e. The highest BCUT2D eigenvalue weighted by molar-refractivity contribution is 9.10. The van der Waals surface area contributed by atoms with Crippen LogP contribution in [0, 0.1) is 0 Å². The smallest absolute Gasteiger partial charge is 0.349 e. The largest absolute Gasteiger partial charge is 0.482 e. The summed E-state index contributed by atoms with van der Waals surface area (Å²) in [5.41, 5.74) is 1.27. The zero-order valence-electron chi connectivity index (χ0n) is 12.9. The van der Waals surface area contributed by atoms with Gasteiger partial charge in [-0.15, -0.1) is 0 Å². The van der Waals surface area contributed by atoms with Crippen molar-refractivity contribution < 1.29 is 14.3 Å². The average molecular weight is 363 g/mol. The number of hydrogen-bond acceptors (Lipinski definition) is 3. The highest BCUT2D eigenvalue weighted by Crippen LogP contribution is 2.24. The normalized spacial score (nSPS) is 11.1. The molecule has 2 rings (SSSR count).